The monoisotopic (exact) mass is 399 g/mol. The summed E-state index contributed by atoms with van der Waals surface area (Å²) in [5, 5.41) is 8.96. The van der Waals surface area contributed by atoms with Crippen molar-refractivity contribution in [2.75, 3.05) is 6.61 Å². The first-order valence-electron chi connectivity index (χ1n) is 6.44. The maximum Gasteiger partial charge on any atom is 0.339 e. The van der Waals surface area contributed by atoms with Gasteiger partial charge in [0.2, 0.25) is 0 Å². The predicted molar refractivity (Wildman–Crippen MR) is 84.2 cm³/mol. The van der Waals surface area contributed by atoms with Crippen molar-refractivity contribution in [2.45, 2.75) is 11.8 Å². The highest BCUT2D eigenvalue weighted by molar-refractivity contribution is 9.10. The topological polar surface area (TPSA) is 76.4 Å². The van der Waals surface area contributed by atoms with Crippen LogP contribution in [0.25, 0.3) is 0 Å². The molecule has 23 heavy (non-hydrogen) atoms. The Morgan fingerprint density at radius 2 is 2.04 bits per heavy atom. The molecule has 5 nitrogen and oxygen atoms in total. The molecular formula is C15H11BrFNO4S. The van der Waals surface area contributed by atoms with E-state index in [4.69, 9.17) is 14.2 Å². The summed E-state index contributed by atoms with van der Waals surface area (Å²) in [7, 11) is -4.25. The Kier molecular flexibility index (Phi) is 5.23. The van der Waals surface area contributed by atoms with Crippen molar-refractivity contribution in [3.05, 3.63) is 52.3 Å². The lowest BCUT2D eigenvalue weighted by Gasteiger charge is -2.14. The molecule has 0 aliphatic heterocycles. The largest absolute Gasteiger partial charge is 0.490 e. The van der Waals surface area contributed by atoms with E-state index in [-0.39, 0.29) is 33.0 Å². The van der Waals surface area contributed by atoms with Gasteiger partial charge in [-0.1, -0.05) is 6.07 Å². The molecule has 0 bridgehead atoms. The molecule has 0 atom stereocenters. The third kappa shape index (κ3) is 4.00. The van der Waals surface area contributed by atoms with Crippen LogP contribution in [0.3, 0.4) is 0 Å². The lowest BCUT2D eigenvalue weighted by Crippen LogP contribution is -2.11. The van der Waals surface area contributed by atoms with Gasteiger partial charge in [-0.15, -0.1) is 0 Å². The zero-order valence-electron chi connectivity index (χ0n) is 11.9. The summed E-state index contributed by atoms with van der Waals surface area (Å²) >= 11 is 3.15. The summed E-state index contributed by atoms with van der Waals surface area (Å²) in [6.07, 6.45) is 0. The molecule has 0 fully saturated rings. The van der Waals surface area contributed by atoms with E-state index in [1.165, 1.54) is 24.3 Å². The number of nitrogens with zero attached hydrogens (tertiary/aromatic N) is 1. The number of rotatable bonds is 5. The molecule has 0 amide bonds. The fourth-order valence-corrected chi connectivity index (χ4v) is 3.38. The molecule has 0 heterocycles. The van der Waals surface area contributed by atoms with Crippen molar-refractivity contribution >= 4 is 26.0 Å². The SMILES string of the molecule is CCOc1cc(C#N)cc(Br)c1OS(=O)(=O)c1cccc(F)c1. The maximum absolute atomic E-state index is 13.2. The van der Waals surface area contributed by atoms with Crippen LogP contribution in [-0.2, 0) is 10.1 Å². The second kappa shape index (κ2) is 6.98. The number of hydrogen-bond acceptors (Lipinski definition) is 5. The van der Waals surface area contributed by atoms with Crippen LogP contribution in [0.1, 0.15) is 12.5 Å². The average Bonchev–Trinajstić information content (AvgIpc) is 2.50. The lowest BCUT2D eigenvalue weighted by atomic mass is 10.2. The number of benzene rings is 2. The first kappa shape index (κ1) is 17.2. The zero-order valence-corrected chi connectivity index (χ0v) is 14.3. The minimum atomic E-state index is -4.25. The highest BCUT2D eigenvalue weighted by atomic mass is 79.9. The molecule has 0 aliphatic rings. The molecule has 120 valence electrons. The van der Waals surface area contributed by atoms with Crippen molar-refractivity contribution in [3.63, 3.8) is 0 Å². The smallest absolute Gasteiger partial charge is 0.339 e. The Bertz CT molecular complexity index is 878. The Morgan fingerprint density at radius 1 is 1.30 bits per heavy atom. The second-order valence-electron chi connectivity index (χ2n) is 4.32. The first-order chi connectivity index (χ1) is 10.9. The van der Waals surface area contributed by atoms with Crippen LogP contribution < -0.4 is 8.92 Å². The Balaban J connectivity index is 2.49. The molecule has 0 saturated heterocycles. The highest BCUT2D eigenvalue weighted by Gasteiger charge is 2.22. The van der Waals surface area contributed by atoms with Crippen molar-refractivity contribution in [3.8, 4) is 17.6 Å². The van der Waals surface area contributed by atoms with Crippen molar-refractivity contribution < 1.29 is 21.7 Å². The Morgan fingerprint density at radius 3 is 2.65 bits per heavy atom. The predicted octanol–water partition coefficient (Wildman–Crippen LogP) is 3.63. The van der Waals surface area contributed by atoms with Crippen molar-refractivity contribution in [1.29, 1.82) is 5.26 Å². The van der Waals surface area contributed by atoms with Crippen LogP contribution in [-0.4, -0.2) is 15.0 Å². The number of nitriles is 1. The van der Waals surface area contributed by atoms with Gasteiger partial charge in [0.15, 0.2) is 11.5 Å². The highest BCUT2D eigenvalue weighted by Crippen LogP contribution is 2.38. The summed E-state index contributed by atoms with van der Waals surface area (Å²) in [5.74, 6) is -0.702. The third-order valence-corrected chi connectivity index (χ3v) is 4.52. The summed E-state index contributed by atoms with van der Waals surface area (Å²) < 4.78 is 48.4. The van der Waals surface area contributed by atoms with E-state index in [1.807, 2.05) is 6.07 Å². The van der Waals surface area contributed by atoms with Crippen molar-refractivity contribution in [1.82, 2.24) is 0 Å². The molecule has 0 aliphatic carbocycles. The van der Waals surface area contributed by atoms with E-state index in [2.05, 4.69) is 15.9 Å². The van der Waals surface area contributed by atoms with Crippen molar-refractivity contribution in [2.24, 2.45) is 0 Å². The number of hydrogen-bond donors (Lipinski definition) is 0. The third-order valence-electron chi connectivity index (χ3n) is 2.72. The summed E-state index contributed by atoms with van der Waals surface area (Å²) in [6.45, 7) is 1.95. The number of ether oxygens (including phenoxy) is 1. The molecular weight excluding hydrogens is 389 g/mol. The fourth-order valence-electron chi connectivity index (χ4n) is 1.76. The van der Waals surface area contributed by atoms with Gasteiger partial charge in [-0.25, -0.2) is 4.39 Å². The zero-order chi connectivity index (χ0) is 17.0. The average molecular weight is 400 g/mol. The molecule has 0 saturated carbocycles. The van der Waals surface area contributed by atoms with E-state index in [1.54, 1.807) is 6.92 Å². The first-order valence-corrected chi connectivity index (χ1v) is 8.64. The van der Waals surface area contributed by atoms with E-state index >= 15 is 0 Å². The molecule has 0 unspecified atom stereocenters. The second-order valence-corrected chi connectivity index (χ2v) is 6.73. The van der Waals surface area contributed by atoms with Crippen LogP contribution in [0.5, 0.6) is 11.5 Å². The molecule has 2 rings (SSSR count). The van der Waals surface area contributed by atoms with Gasteiger partial charge in [0.1, 0.15) is 10.7 Å². The summed E-state index contributed by atoms with van der Waals surface area (Å²) in [4.78, 5) is -0.323. The lowest BCUT2D eigenvalue weighted by molar-refractivity contribution is 0.327. The Hall–Kier alpha value is -2.11. The molecule has 2 aromatic carbocycles. The van der Waals surface area contributed by atoms with Gasteiger partial charge in [-0.05, 0) is 47.1 Å². The van der Waals surface area contributed by atoms with Crippen LogP contribution in [0, 0.1) is 17.1 Å². The summed E-state index contributed by atoms with van der Waals surface area (Å²) in [6, 6.07) is 9.17. The van der Waals surface area contributed by atoms with Crippen LogP contribution >= 0.6 is 15.9 Å². The minimum Gasteiger partial charge on any atom is -0.490 e. The van der Waals surface area contributed by atoms with E-state index in [9.17, 15) is 12.8 Å². The summed E-state index contributed by atoms with van der Waals surface area (Å²) in [5.41, 5.74) is 0.274. The molecule has 0 aromatic heterocycles. The fraction of sp³-hybridized carbons (Fsp3) is 0.133. The van der Waals surface area contributed by atoms with Gasteiger partial charge in [0, 0.05) is 6.07 Å². The van der Waals surface area contributed by atoms with Gasteiger partial charge >= 0.3 is 10.1 Å². The van der Waals surface area contributed by atoms with Gasteiger partial charge in [-0.2, -0.15) is 13.7 Å². The molecule has 8 heteroatoms. The normalized spacial score (nSPS) is 10.9. The molecule has 2 aromatic rings. The minimum absolute atomic E-state index is 0.0957. The van der Waals surface area contributed by atoms with Crippen LogP contribution in [0.4, 0.5) is 4.39 Å². The van der Waals surface area contributed by atoms with Gasteiger partial charge < -0.3 is 8.92 Å². The molecule has 0 N–H and O–H groups in total. The van der Waals surface area contributed by atoms with E-state index in [0.29, 0.717) is 0 Å². The van der Waals surface area contributed by atoms with Gasteiger partial charge in [0.25, 0.3) is 0 Å². The van der Waals surface area contributed by atoms with Crippen LogP contribution in [0.2, 0.25) is 0 Å². The Labute approximate surface area is 141 Å². The molecule has 0 spiro atoms. The van der Waals surface area contributed by atoms with E-state index < -0.39 is 15.9 Å². The van der Waals surface area contributed by atoms with Gasteiger partial charge in [0.05, 0.1) is 22.7 Å². The maximum atomic E-state index is 13.2. The standard InChI is InChI=1S/C15H11BrFNO4S/c1-2-21-14-7-10(9-18)6-13(16)15(14)22-23(19,20)12-5-3-4-11(17)8-12/h3-8H,2H2,1H3. The quantitative estimate of drug-likeness (QED) is 0.717. The van der Waals surface area contributed by atoms with E-state index in [0.717, 1.165) is 12.1 Å². The number of halogens is 2. The van der Waals surface area contributed by atoms with Crippen LogP contribution in [0.15, 0.2) is 45.8 Å². The molecule has 0 radical (unpaired) electrons. The van der Waals surface area contributed by atoms with Gasteiger partial charge in [-0.3, -0.25) is 0 Å².